The van der Waals surface area contributed by atoms with Crippen LogP contribution in [0.25, 0.3) is 10.9 Å². The second-order valence-electron chi connectivity index (χ2n) is 7.90. The van der Waals surface area contributed by atoms with Gasteiger partial charge in [0.2, 0.25) is 19.5 Å². The molecule has 4 aromatic rings. The zero-order valence-electron chi connectivity index (χ0n) is 18.4. The van der Waals surface area contributed by atoms with E-state index in [0.717, 1.165) is 5.56 Å². The Balaban J connectivity index is 1.25. The Hall–Kier alpha value is -4.18. The second kappa shape index (κ2) is 8.88. The highest BCUT2D eigenvalue weighted by molar-refractivity contribution is 7.99. The molecule has 0 unspecified atom stereocenters. The quantitative estimate of drug-likeness (QED) is 0.324. The van der Waals surface area contributed by atoms with Gasteiger partial charge in [-0.25, -0.2) is 4.98 Å². The van der Waals surface area contributed by atoms with Crippen LogP contribution in [0.1, 0.15) is 5.56 Å². The molecular weight excluding hydrogens is 470 g/mol. The molecule has 9 nitrogen and oxygen atoms in total. The van der Waals surface area contributed by atoms with Gasteiger partial charge in [0.1, 0.15) is 0 Å². The van der Waals surface area contributed by atoms with Crippen molar-refractivity contribution >= 4 is 34.3 Å². The van der Waals surface area contributed by atoms with E-state index in [9.17, 15) is 9.59 Å². The van der Waals surface area contributed by atoms with Crippen LogP contribution in [0.4, 0.5) is 5.69 Å². The summed E-state index contributed by atoms with van der Waals surface area (Å²) in [4.78, 5) is 30.7. The summed E-state index contributed by atoms with van der Waals surface area (Å²) in [6.45, 7) is 0.617. The van der Waals surface area contributed by atoms with Gasteiger partial charge in [0, 0.05) is 11.8 Å². The Morgan fingerprint density at radius 3 is 2.46 bits per heavy atom. The third-order valence-electron chi connectivity index (χ3n) is 5.59. The van der Waals surface area contributed by atoms with E-state index in [1.807, 2.05) is 30.3 Å². The number of thioether (sulfide) groups is 1. The lowest BCUT2D eigenvalue weighted by molar-refractivity contribution is -0.113. The first-order valence-electron chi connectivity index (χ1n) is 10.8. The van der Waals surface area contributed by atoms with Gasteiger partial charge >= 0.3 is 0 Å². The number of rotatable bonds is 6. The van der Waals surface area contributed by atoms with Crippen molar-refractivity contribution in [1.29, 1.82) is 0 Å². The van der Waals surface area contributed by atoms with Gasteiger partial charge in [-0.3, -0.25) is 14.2 Å². The predicted octanol–water partition coefficient (Wildman–Crippen LogP) is 3.63. The van der Waals surface area contributed by atoms with Crippen molar-refractivity contribution in [1.82, 2.24) is 9.55 Å². The zero-order valence-corrected chi connectivity index (χ0v) is 19.2. The molecule has 176 valence electrons. The van der Waals surface area contributed by atoms with Crippen molar-refractivity contribution in [3.63, 3.8) is 0 Å². The first kappa shape index (κ1) is 21.4. The number of hydrogen-bond donors (Lipinski definition) is 1. The number of fused-ring (bicyclic) bond motifs is 3. The van der Waals surface area contributed by atoms with E-state index in [2.05, 4.69) is 10.3 Å². The van der Waals surface area contributed by atoms with Gasteiger partial charge in [0.05, 0.1) is 23.2 Å². The van der Waals surface area contributed by atoms with Crippen molar-refractivity contribution in [2.45, 2.75) is 11.7 Å². The summed E-state index contributed by atoms with van der Waals surface area (Å²) < 4.78 is 23.1. The molecule has 2 aliphatic rings. The molecule has 3 heterocycles. The number of aromatic nitrogens is 2. The maximum atomic E-state index is 13.4. The number of amides is 1. The fourth-order valence-corrected chi connectivity index (χ4v) is 4.72. The number of carbonyl (C=O) groups excluding carboxylic acids is 1. The average Bonchev–Trinajstić information content (AvgIpc) is 3.53. The van der Waals surface area contributed by atoms with E-state index < -0.39 is 0 Å². The molecule has 0 saturated heterocycles. The number of carbonyl (C=O) groups is 1. The fourth-order valence-electron chi connectivity index (χ4n) is 3.92. The average molecular weight is 490 g/mol. The number of anilines is 1. The van der Waals surface area contributed by atoms with E-state index in [1.54, 1.807) is 34.9 Å². The van der Waals surface area contributed by atoms with Crippen molar-refractivity contribution < 1.29 is 23.7 Å². The standard InChI is InChI=1S/C25H19N3O6S/c29-23(26-16-6-8-20-22(10-16)34-14-32-20)12-35-25-27-18-4-2-1-3-17(18)24(30)28(25)11-15-5-7-19-21(9-15)33-13-31-19/h1-10H,11-14H2,(H,26,29). The second-order valence-corrected chi connectivity index (χ2v) is 8.84. The Kier molecular flexibility index (Phi) is 5.42. The van der Waals surface area contributed by atoms with Gasteiger partial charge in [-0.1, -0.05) is 30.0 Å². The first-order valence-corrected chi connectivity index (χ1v) is 11.8. The molecular formula is C25H19N3O6S. The van der Waals surface area contributed by atoms with Crippen LogP contribution in [0.5, 0.6) is 23.0 Å². The van der Waals surface area contributed by atoms with Crippen LogP contribution < -0.4 is 29.8 Å². The van der Waals surface area contributed by atoms with Crippen molar-refractivity contribution in [2.75, 3.05) is 24.7 Å². The van der Waals surface area contributed by atoms with Crippen LogP contribution in [0.15, 0.2) is 70.6 Å². The highest BCUT2D eigenvalue weighted by atomic mass is 32.2. The van der Waals surface area contributed by atoms with Crippen LogP contribution in [0.3, 0.4) is 0 Å². The zero-order chi connectivity index (χ0) is 23.8. The highest BCUT2D eigenvalue weighted by Gasteiger charge is 2.18. The maximum absolute atomic E-state index is 13.4. The lowest BCUT2D eigenvalue weighted by atomic mass is 10.2. The highest BCUT2D eigenvalue weighted by Crippen LogP contribution is 2.35. The van der Waals surface area contributed by atoms with Crippen LogP contribution in [0.2, 0.25) is 0 Å². The summed E-state index contributed by atoms with van der Waals surface area (Å²) >= 11 is 1.20. The summed E-state index contributed by atoms with van der Waals surface area (Å²) in [6, 6.07) is 18.0. The third-order valence-corrected chi connectivity index (χ3v) is 6.57. The predicted molar refractivity (Wildman–Crippen MR) is 130 cm³/mol. The van der Waals surface area contributed by atoms with Crippen molar-refractivity contribution in [3.05, 3.63) is 76.6 Å². The number of benzene rings is 3. The van der Waals surface area contributed by atoms with Gasteiger partial charge in [0.25, 0.3) is 5.56 Å². The topological polar surface area (TPSA) is 101 Å². The SMILES string of the molecule is O=C(CSc1nc2ccccc2c(=O)n1Cc1ccc2c(c1)OCO2)Nc1ccc2c(c1)OCO2. The van der Waals surface area contributed by atoms with Crippen LogP contribution >= 0.6 is 11.8 Å². The molecule has 10 heteroatoms. The van der Waals surface area contributed by atoms with Crippen molar-refractivity contribution in [2.24, 2.45) is 0 Å². The van der Waals surface area contributed by atoms with E-state index in [0.29, 0.717) is 44.7 Å². The molecule has 0 saturated carbocycles. The van der Waals surface area contributed by atoms with Crippen LogP contribution in [0, 0.1) is 0 Å². The van der Waals surface area contributed by atoms with Gasteiger partial charge in [-0.2, -0.15) is 0 Å². The maximum Gasteiger partial charge on any atom is 0.262 e. The fraction of sp³-hybridized carbons (Fsp3) is 0.160. The summed E-state index contributed by atoms with van der Waals surface area (Å²) in [7, 11) is 0. The molecule has 0 radical (unpaired) electrons. The van der Waals surface area contributed by atoms with Gasteiger partial charge < -0.3 is 24.3 Å². The lowest BCUT2D eigenvalue weighted by Crippen LogP contribution is -2.25. The van der Waals surface area contributed by atoms with E-state index >= 15 is 0 Å². The van der Waals surface area contributed by atoms with Gasteiger partial charge in [-0.15, -0.1) is 0 Å². The molecule has 0 atom stereocenters. The minimum atomic E-state index is -0.231. The van der Waals surface area contributed by atoms with Crippen LogP contribution in [-0.4, -0.2) is 34.8 Å². The summed E-state index contributed by atoms with van der Waals surface area (Å²) in [6.07, 6.45) is 0. The monoisotopic (exact) mass is 489 g/mol. The Morgan fingerprint density at radius 2 is 1.63 bits per heavy atom. The molecule has 1 amide bonds. The molecule has 1 N–H and O–H groups in total. The molecule has 3 aromatic carbocycles. The Bertz CT molecular complexity index is 1520. The minimum absolute atomic E-state index is 0.0698. The summed E-state index contributed by atoms with van der Waals surface area (Å²) in [5.74, 6) is 2.38. The molecule has 35 heavy (non-hydrogen) atoms. The van der Waals surface area contributed by atoms with Crippen molar-refractivity contribution in [3.8, 4) is 23.0 Å². The van der Waals surface area contributed by atoms with E-state index in [-0.39, 0.29) is 37.3 Å². The lowest BCUT2D eigenvalue weighted by Gasteiger charge is -2.14. The Morgan fingerprint density at radius 1 is 0.914 bits per heavy atom. The number of nitrogens with zero attached hydrogens (tertiary/aromatic N) is 2. The van der Waals surface area contributed by atoms with Gasteiger partial charge in [-0.05, 0) is 42.0 Å². The number of ether oxygens (including phenoxy) is 4. The molecule has 0 bridgehead atoms. The summed E-state index contributed by atoms with van der Waals surface area (Å²) in [5.41, 5.74) is 1.87. The largest absolute Gasteiger partial charge is 0.454 e. The normalized spacial score (nSPS) is 13.3. The molecule has 1 aromatic heterocycles. The van der Waals surface area contributed by atoms with Gasteiger partial charge in [0.15, 0.2) is 28.2 Å². The van der Waals surface area contributed by atoms with E-state index in [4.69, 9.17) is 18.9 Å². The molecule has 6 rings (SSSR count). The van der Waals surface area contributed by atoms with E-state index in [1.165, 1.54) is 11.8 Å². The third kappa shape index (κ3) is 4.24. The number of hydrogen-bond acceptors (Lipinski definition) is 8. The van der Waals surface area contributed by atoms with Crippen LogP contribution in [-0.2, 0) is 11.3 Å². The molecule has 2 aliphatic heterocycles. The number of nitrogens with one attached hydrogen (secondary N) is 1. The molecule has 0 aliphatic carbocycles. The first-order chi connectivity index (χ1) is 17.1. The molecule has 0 spiro atoms. The molecule has 0 fully saturated rings. The minimum Gasteiger partial charge on any atom is -0.454 e. The smallest absolute Gasteiger partial charge is 0.262 e. The Labute approximate surface area is 203 Å². The number of para-hydroxylation sites is 1. The summed E-state index contributed by atoms with van der Waals surface area (Å²) in [5, 5.41) is 3.82.